The Hall–Kier alpha value is -1.06. The van der Waals surface area contributed by atoms with Crippen molar-refractivity contribution >= 4 is 0 Å². The highest BCUT2D eigenvalue weighted by molar-refractivity contribution is 5.27. The van der Waals surface area contributed by atoms with Crippen molar-refractivity contribution in [2.24, 2.45) is 0 Å². The van der Waals surface area contributed by atoms with Crippen LogP contribution in [0.3, 0.4) is 0 Å². The Bertz CT molecular complexity index is 341. The highest BCUT2D eigenvalue weighted by Gasteiger charge is 2.17. The Morgan fingerprint density at radius 2 is 1.78 bits per heavy atom. The molecule has 3 nitrogen and oxygen atoms in total. The third kappa shape index (κ3) is 5.52. The first kappa shape index (κ1) is 15.0. The first-order valence-electron chi connectivity index (χ1n) is 6.61. The van der Waals surface area contributed by atoms with Crippen LogP contribution >= 0.6 is 0 Å². The standard InChI is InChI=1S/C15H25NO2/c1-5-16(12-15(3,4)17)11-13-7-9-14(10-8-13)18-6-2/h7-10,17H,5-6,11-12H2,1-4H3. The van der Waals surface area contributed by atoms with Gasteiger partial charge in [0.15, 0.2) is 0 Å². The van der Waals surface area contributed by atoms with Gasteiger partial charge in [0.2, 0.25) is 0 Å². The Morgan fingerprint density at radius 3 is 2.22 bits per heavy atom. The zero-order valence-corrected chi connectivity index (χ0v) is 11.9. The summed E-state index contributed by atoms with van der Waals surface area (Å²) in [6.07, 6.45) is 0. The number of hydrogen-bond acceptors (Lipinski definition) is 3. The lowest BCUT2D eigenvalue weighted by Crippen LogP contribution is -2.38. The molecule has 0 saturated heterocycles. The summed E-state index contributed by atoms with van der Waals surface area (Å²) in [4.78, 5) is 2.23. The van der Waals surface area contributed by atoms with E-state index >= 15 is 0 Å². The van der Waals surface area contributed by atoms with Crippen molar-refractivity contribution in [1.29, 1.82) is 0 Å². The highest BCUT2D eigenvalue weighted by Crippen LogP contribution is 2.15. The first-order valence-corrected chi connectivity index (χ1v) is 6.61. The van der Waals surface area contributed by atoms with E-state index in [4.69, 9.17) is 4.74 Å². The minimum absolute atomic E-state index is 0.652. The quantitative estimate of drug-likeness (QED) is 0.808. The molecule has 1 rings (SSSR count). The number of hydrogen-bond donors (Lipinski definition) is 1. The molecule has 0 aliphatic rings. The number of aliphatic hydroxyl groups is 1. The number of nitrogens with zero attached hydrogens (tertiary/aromatic N) is 1. The number of rotatable bonds is 7. The average molecular weight is 251 g/mol. The van der Waals surface area contributed by atoms with E-state index in [1.807, 2.05) is 32.9 Å². The van der Waals surface area contributed by atoms with E-state index in [0.717, 1.165) is 18.8 Å². The van der Waals surface area contributed by atoms with Crippen LogP contribution in [-0.2, 0) is 6.54 Å². The molecule has 3 heteroatoms. The van der Waals surface area contributed by atoms with Gasteiger partial charge < -0.3 is 9.84 Å². The molecular weight excluding hydrogens is 226 g/mol. The van der Waals surface area contributed by atoms with Crippen LogP contribution in [0.25, 0.3) is 0 Å². The minimum Gasteiger partial charge on any atom is -0.494 e. The normalized spacial score (nSPS) is 11.9. The van der Waals surface area contributed by atoms with Gasteiger partial charge in [0.1, 0.15) is 5.75 Å². The second kappa shape index (κ2) is 6.76. The molecule has 1 N–H and O–H groups in total. The molecule has 1 aromatic rings. The molecule has 18 heavy (non-hydrogen) atoms. The third-order valence-electron chi connectivity index (χ3n) is 2.70. The van der Waals surface area contributed by atoms with Crippen molar-refractivity contribution in [3.8, 4) is 5.75 Å². The summed E-state index contributed by atoms with van der Waals surface area (Å²) >= 11 is 0. The van der Waals surface area contributed by atoms with Gasteiger partial charge in [-0.25, -0.2) is 0 Å². The Kier molecular flexibility index (Phi) is 5.63. The number of likely N-dealkylation sites (N-methyl/N-ethyl adjacent to an activating group) is 1. The van der Waals surface area contributed by atoms with Gasteiger partial charge in [0.05, 0.1) is 12.2 Å². The lowest BCUT2D eigenvalue weighted by molar-refractivity contribution is 0.0353. The van der Waals surface area contributed by atoms with Gasteiger partial charge in [-0.2, -0.15) is 0 Å². The third-order valence-corrected chi connectivity index (χ3v) is 2.70. The van der Waals surface area contributed by atoms with Gasteiger partial charge in [-0.05, 0) is 45.0 Å². The summed E-state index contributed by atoms with van der Waals surface area (Å²) in [5, 5.41) is 9.85. The van der Waals surface area contributed by atoms with Crippen LogP contribution in [0.4, 0.5) is 0 Å². The largest absolute Gasteiger partial charge is 0.494 e. The second-order valence-corrected chi connectivity index (χ2v) is 5.19. The summed E-state index contributed by atoms with van der Waals surface area (Å²) < 4.78 is 5.42. The maximum atomic E-state index is 9.85. The van der Waals surface area contributed by atoms with Crippen molar-refractivity contribution in [3.63, 3.8) is 0 Å². The highest BCUT2D eigenvalue weighted by atomic mass is 16.5. The zero-order valence-electron chi connectivity index (χ0n) is 11.9. The Labute approximate surface area is 110 Å². The summed E-state index contributed by atoms with van der Waals surface area (Å²) in [5.74, 6) is 0.909. The Balaban J connectivity index is 2.59. The first-order chi connectivity index (χ1) is 8.44. The van der Waals surface area contributed by atoms with Gasteiger partial charge in [0, 0.05) is 13.1 Å². The van der Waals surface area contributed by atoms with E-state index in [1.165, 1.54) is 5.56 Å². The number of benzene rings is 1. The van der Waals surface area contributed by atoms with Crippen LogP contribution in [-0.4, -0.2) is 35.3 Å². The van der Waals surface area contributed by atoms with Gasteiger partial charge in [0.25, 0.3) is 0 Å². The van der Waals surface area contributed by atoms with Gasteiger partial charge in [-0.3, -0.25) is 4.90 Å². The van der Waals surface area contributed by atoms with E-state index in [-0.39, 0.29) is 0 Å². The smallest absolute Gasteiger partial charge is 0.119 e. The zero-order chi connectivity index (χ0) is 13.6. The molecule has 0 aliphatic heterocycles. The van der Waals surface area contributed by atoms with Crippen LogP contribution in [0.15, 0.2) is 24.3 Å². The molecule has 0 saturated carbocycles. The molecule has 0 aromatic heterocycles. The molecular formula is C15H25NO2. The van der Waals surface area contributed by atoms with E-state index in [0.29, 0.717) is 13.2 Å². The van der Waals surface area contributed by atoms with E-state index in [9.17, 15) is 5.11 Å². The maximum absolute atomic E-state index is 9.85. The molecule has 0 heterocycles. The molecule has 0 fully saturated rings. The monoisotopic (exact) mass is 251 g/mol. The summed E-state index contributed by atoms with van der Waals surface area (Å²) in [5.41, 5.74) is 0.589. The van der Waals surface area contributed by atoms with Crippen molar-refractivity contribution in [2.45, 2.75) is 39.8 Å². The topological polar surface area (TPSA) is 32.7 Å². The fraction of sp³-hybridized carbons (Fsp3) is 0.600. The fourth-order valence-electron chi connectivity index (χ4n) is 1.94. The molecule has 0 atom stereocenters. The van der Waals surface area contributed by atoms with Crippen LogP contribution in [0.2, 0.25) is 0 Å². The molecule has 0 aliphatic carbocycles. The van der Waals surface area contributed by atoms with Crippen molar-refractivity contribution < 1.29 is 9.84 Å². The molecule has 0 unspecified atom stereocenters. The van der Waals surface area contributed by atoms with Crippen molar-refractivity contribution in [3.05, 3.63) is 29.8 Å². The molecule has 0 bridgehead atoms. The SMILES string of the molecule is CCOc1ccc(CN(CC)CC(C)(C)O)cc1. The average Bonchev–Trinajstić information content (AvgIpc) is 2.29. The van der Waals surface area contributed by atoms with E-state index < -0.39 is 5.60 Å². The van der Waals surface area contributed by atoms with Crippen molar-refractivity contribution in [1.82, 2.24) is 4.90 Å². The Morgan fingerprint density at radius 1 is 1.17 bits per heavy atom. The molecule has 0 spiro atoms. The molecule has 0 radical (unpaired) electrons. The number of ether oxygens (including phenoxy) is 1. The second-order valence-electron chi connectivity index (χ2n) is 5.19. The van der Waals surface area contributed by atoms with Gasteiger partial charge in [-0.1, -0.05) is 19.1 Å². The van der Waals surface area contributed by atoms with Crippen LogP contribution in [0.5, 0.6) is 5.75 Å². The van der Waals surface area contributed by atoms with Crippen LogP contribution in [0.1, 0.15) is 33.3 Å². The predicted octanol–water partition coefficient (Wildman–Crippen LogP) is 2.68. The lowest BCUT2D eigenvalue weighted by Gasteiger charge is -2.28. The predicted molar refractivity (Wildman–Crippen MR) is 74.9 cm³/mol. The minimum atomic E-state index is -0.652. The van der Waals surface area contributed by atoms with E-state index in [1.54, 1.807) is 0 Å². The van der Waals surface area contributed by atoms with Crippen LogP contribution < -0.4 is 4.74 Å². The van der Waals surface area contributed by atoms with E-state index in [2.05, 4.69) is 24.0 Å². The lowest BCUT2D eigenvalue weighted by atomic mass is 10.1. The summed E-state index contributed by atoms with van der Waals surface area (Å²) in [6, 6.07) is 8.16. The van der Waals surface area contributed by atoms with Gasteiger partial charge >= 0.3 is 0 Å². The van der Waals surface area contributed by atoms with Crippen LogP contribution in [0, 0.1) is 0 Å². The van der Waals surface area contributed by atoms with Gasteiger partial charge in [-0.15, -0.1) is 0 Å². The summed E-state index contributed by atoms with van der Waals surface area (Å²) in [7, 11) is 0. The molecule has 0 amide bonds. The molecule has 102 valence electrons. The maximum Gasteiger partial charge on any atom is 0.119 e. The van der Waals surface area contributed by atoms with Crippen molar-refractivity contribution in [2.75, 3.05) is 19.7 Å². The molecule has 1 aromatic carbocycles. The fourth-order valence-corrected chi connectivity index (χ4v) is 1.94. The summed E-state index contributed by atoms with van der Waals surface area (Å²) in [6.45, 7) is 10.9.